The fourth-order valence-electron chi connectivity index (χ4n) is 3.69. The zero-order valence-corrected chi connectivity index (χ0v) is 17.3. The molecule has 0 aliphatic carbocycles. The van der Waals surface area contributed by atoms with Crippen LogP contribution in [0.5, 0.6) is 0 Å². The Bertz CT molecular complexity index is 441. The van der Waals surface area contributed by atoms with Gasteiger partial charge in [-0.25, -0.2) is 0 Å². The molecular weight excluding hydrogens is 312 g/mol. The summed E-state index contributed by atoms with van der Waals surface area (Å²) in [7, 11) is 0. The van der Waals surface area contributed by atoms with Gasteiger partial charge in [0.1, 0.15) is 0 Å². The van der Waals surface area contributed by atoms with Crippen LogP contribution in [0.2, 0.25) is 0 Å². The first-order valence-corrected chi connectivity index (χ1v) is 10.2. The molecule has 2 fully saturated rings. The zero-order chi connectivity index (χ0) is 17.8. The van der Waals surface area contributed by atoms with E-state index in [1.54, 1.807) is 0 Å². The first-order valence-electron chi connectivity index (χ1n) is 9.69. The minimum absolute atomic E-state index is 0.199. The number of piperidine rings is 1. The molecule has 0 aromatic carbocycles. The first-order chi connectivity index (χ1) is 11.1. The summed E-state index contributed by atoms with van der Waals surface area (Å²) >= 11 is 4.76. The summed E-state index contributed by atoms with van der Waals surface area (Å²) in [5.74, 6) is 0. The molecular formula is C21H38N2S. The Morgan fingerprint density at radius 3 is 2.46 bits per heavy atom. The lowest BCUT2D eigenvalue weighted by molar-refractivity contribution is 0.217. The Morgan fingerprint density at radius 1 is 1.08 bits per heavy atom. The molecule has 0 aromatic heterocycles. The monoisotopic (exact) mass is 350 g/mol. The van der Waals surface area contributed by atoms with Gasteiger partial charge in [0.2, 0.25) is 0 Å². The van der Waals surface area contributed by atoms with Gasteiger partial charge >= 0.3 is 0 Å². The van der Waals surface area contributed by atoms with Gasteiger partial charge in [0.05, 0.1) is 0 Å². The summed E-state index contributed by atoms with van der Waals surface area (Å²) in [6.07, 6.45) is 14.8. The average molecular weight is 351 g/mol. The quantitative estimate of drug-likeness (QED) is 0.552. The topological polar surface area (TPSA) is 15.3 Å². The Hall–Kier alpha value is -0.250. The van der Waals surface area contributed by atoms with Crippen molar-refractivity contribution in [2.24, 2.45) is 10.8 Å². The molecule has 3 unspecified atom stereocenters. The summed E-state index contributed by atoms with van der Waals surface area (Å²) in [5, 5.41) is 4.11. The minimum Gasteiger partial charge on any atom is -0.311 e. The van der Waals surface area contributed by atoms with Crippen molar-refractivity contribution in [3.63, 3.8) is 0 Å². The summed E-state index contributed by atoms with van der Waals surface area (Å²) in [4.78, 5) is 2.62. The van der Waals surface area contributed by atoms with Crippen LogP contribution in [0.15, 0.2) is 24.3 Å². The summed E-state index contributed by atoms with van der Waals surface area (Å²) in [5.41, 5.74) is 0.452. The molecule has 2 saturated heterocycles. The third-order valence-electron chi connectivity index (χ3n) is 4.98. The smallest absolute Gasteiger partial charge is 0.0290 e. The molecule has 2 aliphatic rings. The normalized spacial score (nSPS) is 30.7. The van der Waals surface area contributed by atoms with E-state index < -0.39 is 0 Å². The highest BCUT2D eigenvalue weighted by Gasteiger charge is 2.32. The first kappa shape index (κ1) is 20.1. The van der Waals surface area contributed by atoms with Crippen LogP contribution < -0.4 is 5.32 Å². The van der Waals surface area contributed by atoms with Gasteiger partial charge in [-0.1, -0.05) is 65.3 Å². The number of hydrogen-bond acceptors (Lipinski definition) is 3. The molecule has 0 amide bonds. The van der Waals surface area contributed by atoms with Crippen LogP contribution in [0.1, 0.15) is 60.3 Å². The molecule has 2 nitrogen and oxygen atoms in total. The van der Waals surface area contributed by atoms with E-state index in [1.807, 2.05) is 0 Å². The number of hydrogen-bond donors (Lipinski definition) is 2. The molecule has 3 heteroatoms. The number of nitrogens with one attached hydrogen (secondary N) is 1. The Balaban J connectivity index is 1.95. The van der Waals surface area contributed by atoms with E-state index in [2.05, 4.69) is 69.1 Å². The van der Waals surface area contributed by atoms with Crippen molar-refractivity contribution in [1.82, 2.24) is 10.2 Å². The van der Waals surface area contributed by atoms with Crippen molar-refractivity contribution in [3.05, 3.63) is 24.3 Å². The molecule has 0 bridgehead atoms. The van der Waals surface area contributed by atoms with Crippen molar-refractivity contribution < 1.29 is 0 Å². The third kappa shape index (κ3) is 6.93. The number of thiol groups is 1. The molecule has 0 spiro atoms. The largest absolute Gasteiger partial charge is 0.311 e. The van der Waals surface area contributed by atoms with Gasteiger partial charge in [-0.05, 0) is 36.6 Å². The molecule has 0 saturated carbocycles. The maximum atomic E-state index is 4.76. The minimum atomic E-state index is 0.199. The fraction of sp³-hybridized carbons (Fsp3) is 0.810. The molecule has 3 atom stereocenters. The highest BCUT2D eigenvalue weighted by molar-refractivity contribution is 7.81. The lowest BCUT2D eigenvalue weighted by atomic mass is 9.90. The van der Waals surface area contributed by atoms with E-state index in [0.29, 0.717) is 17.3 Å². The maximum Gasteiger partial charge on any atom is 0.0290 e. The van der Waals surface area contributed by atoms with Gasteiger partial charge < -0.3 is 5.32 Å². The van der Waals surface area contributed by atoms with Gasteiger partial charge in [-0.15, -0.1) is 0 Å². The van der Waals surface area contributed by atoms with Crippen molar-refractivity contribution in [1.29, 1.82) is 0 Å². The van der Waals surface area contributed by atoms with E-state index in [-0.39, 0.29) is 10.8 Å². The number of allylic oxidation sites excluding steroid dienone is 1. The van der Waals surface area contributed by atoms with Crippen molar-refractivity contribution in [2.45, 2.75) is 77.6 Å². The van der Waals surface area contributed by atoms with Crippen LogP contribution in [0.25, 0.3) is 0 Å². The maximum absolute atomic E-state index is 4.76. The lowest BCUT2D eigenvalue weighted by Crippen LogP contribution is -2.37. The van der Waals surface area contributed by atoms with Crippen LogP contribution in [-0.2, 0) is 0 Å². The van der Waals surface area contributed by atoms with Gasteiger partial charge in [0.25, 0.3) is 0 Å². The van der Waals surface area contributed by atoms with Crippen molar-refractivity contribution >= 4 is 12.6 Å². The second kappa shape index (κ2) is 8.42. The van der Waals surface area contributed by atoms with Crippen molar-refractivity contribution in [3.8, 4) is 0 Å². The molecule has 2 heterocycles. The van der Waals surface area contributed by atoms with E-state index >= 15 is 0 Å². The fourth-order valence-corrected chi connectivity index (χ4v) is 4.11. The predicted octanol–water partition coefficient (Wildman–Crippen LogP) is 4.69. The molecule has 0 aromatic rings. The van der Waals surface area contributed by atoms with Crippen molar-refractivity contribution in [2.75, 3.05) is 19.6 Å². The molecule has 24 heavy (non-hydrogen) atoms. The number of rotatable bonds is 5. The number of nitrogens with zero attached hydrogens (tertiary/aromatic N) is 1. The van der Waals surface area contributed by atoms with Crippen LogP contribution in [0, 0.1) is 10.8 Å². The van der Waals surface area contributed by atoms with Crippen LogP contribution >= 0.6 is 12.6 Å². The summed E-state index contributed by atoms with van der Waals surface area (Å²) in [6.45, 7) is 14.9. The van der Waals surface area contributed by atoms with Crippen LogP contribution in [0.3, 0.4) is 0 Å². The highest BCUT2D eigenvalue weighted by Crippen LogP contribution is 2.29. The summed E-state index contributed by atoms with van der Waals surface area (Å²) in [6, 6.07) is 1.11. The Morgan fingerprint density at radius 2 is 1.83 bits per heavy atom. The Kier molecular flexibility index (Phi) is 7.04. The van der Waals surface area contributed by atoms with Crippen LogP contribution in [0.4, 0.5) is 0 Å². The number of likely N-dealkylation sites (tertiary alicyclic amines) is 1. The van der Waals surface area contributed by atoms with Crippen LogP contribution in [-0.4, -0.2) is 41.9 Å². The van der Waals surface area contributed by atoms with Gasteiger partial charge in [0.15, 0.2) is 0 Å². The summed E-state index contributed by atoms with van der Waals surface area (Å²) < 4.78 is 0. The van der Waals surface area contributed by atoms with E-state index in [9.17, 15) is 0 Å². The average Bonchev–Trinajstić information content (AvgIpc) is 2.82. The van der Waals surface area contributed by atoms with E-state index in [1.165, 1.54) is 32.2 Å². The lowest BCUT2D eigenvalue weighted by Gasteiger charge is -2.32. The van der Waals surface area contributed by atoms with Gasteiger partial charge in [0, 0.05) is 30.4 Å². The zero-order valence-electron chi connectivity index (χ0n) is 16.4. The molecule has 2 rings (SSSR count). The second-order valence-corrected chi connectivity index (χ2v) is 10.2. The second-order valence-electron chi connectivity index (χ2n) is 9.52. The van der Waals surface area contributed by atoms with Gasteiger partial charge in [-0.2, -0.15) is 12.6 Å². The third-order valence-corrected chi connectivity index (χ3v) is 5.36. The SMILES string of the molecule is CC(C)(C)/C=C/C1CC(S)CN1CC(C)(C)/C=C/C1CCCCN1. The van der Waals surface area contributed by atoms with E-state index in [4.69, 9.17) is 12.6 Å². The highest BCUT2D eigenvalue weighted by atomic mass is 32.1. The standard InChI is InChI=1S/C21H38N2S/c1-20(2,3)11-10-18-14-19(24)15-23(18)16-21(4,5)12-9-17-8-6-7-13-22-17/h9-12,17-19,22,24H,6-8,13-16H2,1-5H3/b11-10+,12-9+. The molecule has 0 radical (unpaired) electrons. The molecule has 2 aliphatic heterocycles. The molecule has 1 N–H and O–H groups in total. The van der Waals surface area contributed by atoms with Gasteiger partial charge in [-0.3, -0.25) is 4.90 Å². The van der Waals surface area contributed by atoms with E-state index in [0.717, 1.165) is 13.1 Å². The molecule has 138 valence electrons. The predicted molar refractivity (Wildman–Crippen MR) is 110 cm³/mol. The Labute approximate surface area is 155 Å².